The van der Waals surface area contributed by atoms with E-state index in [-0.39, 0.29) is 30.5 Å². The smallest absolute Gasteiger partial charge is 0.258 e. The number of halogens is 3. The Morgan fingerprint density at radius 2 is 1.80 bits per heavy atom. The van der Waals surface area contributed by atoms with Gasteiger partial charge in [-0.3, -0.25) is 4.79 Å². The van der Waals surface area contributed by atoms with Crippen LogP contribution in [-0.2, 0) is 17.8 Å². The molecule has 2 N–H and O–H groups in total. The highest BCUT2D eigenvalue weighted by Crippen LogP contribution is 2.28. The number of ether oxygens (including phenoxy) is 2. The quantitative estimate of drug-likeness (QED) is 0.498. The number of hydrogen-bond acceptors (Lipinski definition) is 4. The summed E-state index contributed by atoms with van der Waals surface area (Å²) in [6, 6.07) is 11.2. The average molecular weight is 476 g/mol. The second-order valence-electron chi connectivity index (χ2n) is 7.73. The summed E-state index contributed by atoms with van der Waals surface area (Å²) in [5.41, 5.74) is 1.81. The second-order valence-corrected chi connectivity index (χ2v) is 8.58. The number of hydrogen-bond donors (Lipinski definition) is 2. The number of methoxy groups -OCH3 is 1. The lowest BCUT2D eigenvalue weighted by Gasteiger charge is -2.20. The normalized spacial score (nSPS) is 10.9. The molecule has 5 nitrogen and oxygen atoms in total. The maximum Gasteiger partial charge on any atom is 0.258 e. The monoisotopic (exact) mass is 474 g/mol. The van der Waals surface area contributed by atoms with Gasteiger partial charge in [0.2, 0.25) is 0 Å². The van der Waals surface area contributed by atoms with Crippen molar-refractivity contribution in [1.29, 1.82) is 0 Å². The van der Waals surface area contributed by atoms with Crippen molar-refractivity contribution in [3.8, 4) is 11.5 Å². The van der Waals surface area contributed by atoms with Gasteiger partial charge in [-0.1, -0.05) is 35.3 Å². The number of carbonyl (C=O) groups is 1. The molecule has 0 radical (unpaired) electrons. The molecule has 0 spiro atoms. The van der Waals surface area contributed by atoms with E-state index in [1.807, 2.05) is 51.1 Å². The van der Waals surface area contributed by atoms with Gasteiger partial charge in [-0.15, -0.1) is 12.4 Å². The first-order valence-corrected chi connectivity index (χ1v) is 10.2. The minimum Gasteiger partial charge on any atom is -0.493 e. The summed E-state index contributed by atoms with van der Waals surface area (Å²) in [7, 11) is 1.58. The van der Waals surface area contributed by atoms with Crippen molar-refractivity contribution in [2.45, 2.75) is 39.3 Å². The molecular weight excluding hydrogens is 447 g/mol. The predicted octanol–water partition coefficient (Wildman–Crippen LogP) is 5.05. The SMILES string of the molecule is COc1cc(CNCCc2ccc(Cl)cc2Cl)ccc1OCC(=O)NC(C)(C)C.Cl. The van der Waals surface area contributed by atoms with E-state index in [0.29, 0.717) is 28.1 Å². The molecule has 2 rings (SSSR count). The van der Waals surface area contributed by atoms with Gasteiger partial charge in [0.25, 0.3) is 5.91 Å². The zero-order valence-electron chi connectivity index (χ0n) is 17.7. The Morgan fingerprint density at radius 1 is 1.07 bits per heavy atom. The number of carbonyl (C=O) groups excluding carboxylic acids is 1. The Bertz CT molecular complexity index is 839. The minimum atomic E-state index is -0.295. The summed E-state index contributed by atoms with van der Waals surface area (Å²) >= 11 is 12.1. The number of rotatable bonds is 9. The molecule has 2 aromatic rings. The van der Waals surface area contributed by atoms with Crippen LogP contribution in [0.3, 0.4) is 0 Å². The predicted molar refractivity (Wildman–Crippen MR) is 126 cm³/mol. The summed E-state index contributed by atoms with van der Waals surface area (Å²) in [6.45, 7) is 7.16. The van der Waals surface area contributed by atoms with Gasteiger partial charge in [-0.2, -0.15) is 0 Å². The molecule has 166 valence electrons. The van der Waals surface area contributed by atoms with Gasteiger partial charge in [0.1, 0.15) is 0 Å². The highest BCUT2D eigenvalue weighted by molar-refractivity contribution is 6.35. The topological polar surface area (TPSA) is 59.6 Å². The fraction of sp³-hybridized carbons (Fsp3) is 0.409. The van der Waals surface area contributed by atoms with Crippen molar-refractivity contribution in [2.75, 3.05) is 20.3 Å². The lowest BCUT2D eigenvalue weighted by atomic mass is 10.1. The lowest BCUT2D eigenvalue weighted by molar-refractivity contribution is -0.124. The highest BCUT2D eigenvalue weighted by atomic mass is 35.5. The fourth-order valence-electron chi connectivity index (χ4n) is 2.72. The standard InChI is InChI=1S/C22H28Cl2N2O3.ClH/c1-22(2,3)26-21(27)14-29-19-8-5-15(11-20(19)28-4)13-25-10-9-16-6-7-17(23)12-18(16)24;/h5-8,11-12,25H,9-10,13-14H2,1-4H3,(H,26,27);1H. The summed E-state index contributed by atoms with van der Waals surface area (Å²) in [5.74, 6) is 0.952. The molecule has 0 unspecified atom stereocenters. The number of benzene rings is 2. The van der Waals surface area contributed by atoms with Crippen LogP contribution in [0.25, 0.3) is 0 Å². The van der Waals surface area contributed by atoms with Crippen LogP contribution in [0.4, 0.5) is 0 Å². The van der Waals surface area contributed by atoms with Crippen LogP contribution in [0, 0.1) is 0 Å². The van der Waals surface area contributed by atoms with E-state index in [4.69, 9.17) is 32.7 Å². The minimum absolute atomic E-state index is 0. The summed E-state index contributed by atoms with van der Waals surface area (Å²) in [5, 5.41) is 7.56. The highest BCUT2D eigenvalue weighted by Gasteiger charge is 2.15. The average Bonchev–Trinajstić information content (AvgIpc) is 2.64. The van der Waals surface area contributed by atoms with Gasteiger partial charge in [-0.25, -0.2) is 0 Å². The molecular formula is C22H29Cl3N2O3. The van der Waals surface area contributed by atoms with Crippen molar-refractivity contribution < 1.29 is 14.3 Å². The van der Waals surface area contributed by atoms with Gasteiger partial charge in [0, 0.05) is 22.1 Å². The number of amides is 1. The second kappa shape index (κ2) is 12.3. The van der Waals surface area contributed by atoms with Crippen LogP contribution < -0.4 is 20.1 Å². The molecule has 0 aliphatic carbocycles. The van der Waals surface area contributed by atoms with Gasteiger partial charge < -0.3 is 20.1 Å². The summed E-state index contributed by atoms with van der Waals surface area (Å²) in [4.78, 5) is 11.9. The first-order valence-electron chi connectivity index (χ1n) is 9.43. The van der Waals surface area contributed by atoms with Crippen LogP contribution in [0.1, 0.15) is 31.9 Å². The molecule has 0 aliphatic heterocycles. The molecule has 2 aromatic carbocycles. The van der Waals surface area contributed by atoms with Crippen LogP contribution >= 0.6 is 35.6 Å². The van der Waals surface area contributed by atoms with E-state index < -0.39 is 0 Å². The Morgan fingerprint density at radius 3 is 2.43 bits per heavy atom. The Kier molecular flexibility index (Phi) is 10.8. The van der Waals surface area contributed by atoms with Crippen molar-refractivity contribution in [3.05, 3.63) is 57.6 Å². The molecule has 0 fully saturated rings. The van der Waals surface area contributed by atoms with E-state index in [0.717, 1.165) is 24.1 Å². The van der Waals surface area contributed by atoms with Gasteiger partial charge in [0.15, 0.2) is 18.1 Å². The lowest BCUT2D eigenvalue weighted by Crippen LogP contribution is -2.43. The summed E-state index contributed by atoms with van der Waals surface area (Å²) < 4.78 is 11.0. The third-order valence-corrected chi connectivity index (χ3v) is 4.60. The van der Waals surface area contributed by atoms with Crippen molar-refractivity contribution in [1.82, 2.24) is 10.6 Å². The first-order chi connectivity index (χ1) is 13.7. The number of nitrogens with one attached hydrogen (secondary N) is 2. The molecule has 0 aromatic heterocycles. The molecule has 0 heterocycles. The van der Waals surface area contributed by atoms with Crippen LogP contribution in [-0.4, -0.2) is 31.7 Å². The maximum absolute atomic E-state index is 11.9. The third-order valence-electron chi connectivity index (χ3n) is 4.02. The van der Waals surface area contributed by atoms with Crippen LogP contribution in [0.2, 0.25) is 10.0 Å². The van der Waals surface area contributed by atoms with E-state index in [1.165, 1.54) is 0 Å². The third kappa shape index (κ3) is 9.00. The van der Waals surface area contributed by atoms with Crippen molar-refractivity contribution >= 4 is 41.5 Å². The maximum atomic E-state index is 11.9. The first kappa shape index (κ1) is 26.4. The molecule has 0 saturated heterocycles. The fourth-order valence-corrected chi connectivity index (χ4v) is 3.22. The van der Waals surface area contributed by atoms with Gasteiger partial charge in [-0.05, 0) is 69.1 Å². The van der Waals surface area contributed by atoms with E-state index in [2.05, 4.69) is 10.6 Å². The molecule has 1 amide bonds. The molecule has 0 aliphatic rings. The Hall–Kier alpha value is -1.66. The molecule has 0 atom stereocenters. The van der Waals surface area contributed by atoms with Gasteiger partial charge in [0.05, 0.1) is 7.11 Å². The molecule has 30 heavy (non-hydrogen) atoms. The van der Waals surface area contributed by atoms with E-state index >= 15 is 0 Å². The van der Waals surface area contributed by atoms with E-state index in [1.54, 1.807) is 13.2 Å². The molecule has 0 bridgehead atoms. The van der Waals surface area contributed by atoms with Crippen molar-refractivity contribution in [2.24, 2.45) is 0 Å². The van der Waals surface area contributed by atoms with E-state index in [9.17, 15) is 4.79 Å². The summed E-state index contributed by atoms with van der Waals surface area (Å²) in [6.07, 6.45) is 0.803. The largest absolute Gasteiger partial charge is 0.493 e. The van der Waals surface area contributed by atoms with Crippen LogP contribution in [0.15, 0.2) is 36.4 Å². The Balaban J connectivity index is 0.00000450. The zero-order chi connectivity index (χ0) is 21.4. The molecule has 0 saturated carbocycles. The zero-order valence-corrected chi connectivity index (χ0v) is 20.0. The van der Waals surface area contributed by atoms with Gasteiger partial charge >= 0.3 is 0 Å². The van der Waals surface area contributed by atoms with Crippen molar-refractivity contribution in [3.63, 3.8) is 0 Å². The Labute approximate surface area is 194 Å². The van der Waals surface area contributed by atoms with Crippen LogP contribution in [0.5, 0.6) is 11.5 Å². The molecule has 8 heteroatoms.